The molecule has 0 heterocycles. The molecule has 1 nitrogen and oxygen atoms in total. The van der Waals surface area contributed by atoms with Gasteiger partial charge in [0.15, 0.2) is 0 Å². The predicted octanol–water partition coefficient (Wildman–Crippen LogP) is 2.18. The van der Waals surface area contributed by atoms with Gasteiger partial charge in [-0.05, 0) is 37.0 Å². The van der Waals surface area contributed by atoms with Gasteiger partial charge < -0.3 is 0 Å². The van der Waals surface area contributed by atoms with Crippen molar-refractivity contribution in [3.63, 3.8) is 0 Å². The molecule has 3 rings (SSSR count). The van der Waals surface area contributed by atoms with Crippen LogP contribution >= 0.6 is 0 Å². The van der Waals surface area contributed by atoms with Crippen LogP contribution in [0.1, 0.15) is 25.7 Å². The van der Waals surface area contributed by atoms with E-state index in [9.17, 15) is 4.79 Å². The predicted molar refractivity (Wildman–Crippen MR) is 46.6 cm³/mol. The first-order valence-corrected chi connectivity index (χ1v) is 5.07. The smallest absolute Gasteiger partial charge is 0.136 e. The molecule has 0 aromatic rings. The molecular weight excluding hydrogens is 148 g/mol. The van der Waals surface area contributed by atoms with Crippen molar-refractivity contribution in [1.82, 2.24) is 0 Å². The summed E-state index contributed by atoms with van der Waals surface area (Å²) >= 11 is 0. The van der Waals surface area contributed by atoms with Crippen LogP contribution < -0.4 is 0 Å². The lowest BCUT2D eigenvalue weighted by molar-refractivity contribution is -0.127. The highest BCUT2D eigenvalue weighted by molar-refractivity contribution is 5.83. The highest BCUT2D eigenvalue weighted by Gasteiger charge is 2.48. The third-order valence-corrected chi connectivity index (χ3v) is 3.95. The van der Waals surface area contributed by atoms with Crippen molar-refractivity contribution in [1.29, 1.82) is 0 Å². The Bertz CT molecular complexity index is 254. The number of Topliss-reactive ketones (excluding diaryl/α,β-unsaturated/α-hetero) is 1. The molecule has 0 saturated heterocycles. The number of carbonyl (C=O) groups excluding carboxylic acids is 1. The van der Waals surface area contributed by atoms with Crippen LogP contribution in [0.15, 0.2) is 12.2 Å². The topological polar surface area (TPSA) is 17.1 Å². The van der Waals surface area contributed by atoms with Crippen molar-refractivity contribution in [2.24, 2.45) is 23.7 Å². The lowest BCUT2D eigenvalue weighted by atomic mass is 9.73. The largest absolute Gasteiger partial charge is 0.299 e. The molecular formula is C11H14O. The standard InChI is InChI=1S/C11H14O/c12-10-3-1-2-9-7-4-5-8(6-7)11(9)10/h4-5,7-9,11H,1-3,6H2/t7?,8?,9-,11-/m1/s1. The van der Waals surface area contributed by atoms with Gasteiger partial charge in [0.2, 0.25) is 0 Å². The van der Waals surface area contributed by atoms with Gasteiger partial charge in [-0.25, -0.2) is 0 Å². The molecule has 0 amide bonds. The number of ketones is 1. The van der Waals surface area contributed by atoms with E-state index in [-0.39, 0.29) is 0 Å². The molecule has 0 aromatic heterocycles. The molecule has 3 aliphatic carbocycles. The van der Waals surface area contributed by atoms with Gasteiger partial charge in [-0.15, -0.1) is 0 Å². The lowest BCUT2D eigenvalue weighted by Gasteiger charge is -2.30. The van der Waals surface area contributed by atoms with Gasteiger partial charge in [-0.1, -0.05) is 12.2 Å². The van der Waals surface area contributed by atoms with Crippen molar-refractivity contribution < 1.29 is 4.79 Å². The zero-order valence-corrected chi connectivity index (χ0v) is 7.20. The molecule has 2 fully saturated rings. The molecule has 3 aliphatic rings. The van der Waals surface area contributed by atoms with Crippen LogP contribution in [0.25, 0.3) is 0 Å². The van der Waals surface area contributed by atoms with Crippen molar-refractivity contribution in [2.75, 3.05) is 0 Å². The minimum Gasteiger partial charge on any atom is -0.299 e. The number of fused-ring (bicyclic) bond motifs is 5. The van der Waals surface area contributed by atoms with Gasteiger partial charge in [0.05, 0.1) is 0 Å². The average Bonchev–Trinajstić information content (AvgIpc) is 2.64. The van der Waals surface area contributed by atoms with Crippen molar-refractivity contribution in [3.8, 4) is 0 Å². The van der Waals surface area contributed by atoms with Gasteiger partial charge in [-0.2, -0.15) is 0 Å². The third kappa shape index (κ3) is 0.720. The highest BCUT2D eigenvalue weighted by Crippen LogP contribution is 2.52. The normalized spacial score (nSPS) is 49.8. The Labute approximate surface area is 72.8 Å². The summed E-state index contributed by atoms with van der Waals surface area (Å²) in [5.41, 5.74) is 0. The Morgan fingerprint density at radius 1 is 1.25 bits per heavy atom. The molecule has 0 aromatic carbocycles. The molecule has 1 heteroatoms. The molecule has 64 valence electrons. The number of rotatable bonds is 0. The Morgan fingerprint density at radius 2 is 2.08 bits per heavy atom. The van der Waals surface area contributed by atoms with E-state index in [1.54, 1.807) is 0 Å². The fourth-order valence-electron chi connectivity index (χ4n) is 3.47. The third-order valence-electron chi connectivity index (χ3n) is 3.95. The molecule has 2 saturated carbocycles. The summed E-state index contributed by atoms with van der Waals surface area (Å²) in [7, 11) is 0. The number of carbonyl (C=O) groups is 1. The molecule has 12 heavy (non-hydrogen) atoms. The van der Waals surface area contributed by atoms with Crippen LogP contribution in [-0.2, 0) is 4.79 Å². The molecule has 2 bridgehead atoms. The number of hydrogen-bond acceptors (Lipinski definition) is 1. The van der Waals surface area contributed by atoms with Gasteiger partial charge in [0, 0.05) is 12.3 Å². The van der Waals surface area contributed by atoms with Gasteiger partial charge in [-0.3, -0.25) is 4.79 Å². The fraction of sp³-hybridized carbons (Fsp3) is 0.727. The van der Waals surface area contributed by atoms with Crippen LogP contribution in [0.3, 0.4) is 0 Å². The van der Waals surface area contributed by atoms with Gasteiger partial charge in [0.25, 0.3) is 0 Å². The fourth-order valence-corrected chi connectivity index (χ4v) is 3.47. The molecule has 4 atom stereocenters. The first kappa shape index (κ1) is 6.88. The maximum atomic E-state index is 11.6. The monoisotopic (exact) mass is 162 g/mol. The summed E-state index contributed by atoms with van der Waals surface area (Å²) in [4.78, 5) is 11.6. The van der Waals surface area contributed by atoms with Crippen molar-refractivity contribution in [2.45, 2.75) is 25.7 Å². The highest BCUT2D eigenvalue weighted by atomic mass is 16.1. The van der Waals surface area contributed by atoms with Crippen molar-refractivity contribution >= 4 is 5.78 Å². The summed E-state index contributed by atoms with van der Waals surface area (Å²) < 4.78 is 0. The van der Waals surface area contributed by atoms with E-state index in [0.717, 1.165) is 24.7 Å². The Morgan fingerprint density at radius 3 is 2.92 bits per heavy atom. The first-order chi connectivity index (χ1) is 5.86. The van der Waals surface area contributed by atoms with Crippen LogP contribution in [0.2, 0.25) is 0 Å². The summed E-state index contributed by atoms with van der Waals surface area (Å²) in [6, 6.07) is 0. The molecule has 0 N–H and O–H groups in total. The van der Waals surface area contributed by atoms with Gasteiger partial charge in [0.1, 0.15) is 5.78 Å². The average molecular weight is 162 g/mol. The molecule has 0 aliphatic heterocycles. The van der Waals surface area contributed by atoms with E-state index in [4.69, 9.17) is 0 Å². The van der Waals surface area contributed by atoms with E-state index in [1.807, 2.05) is 0 Å². The van der Waals surface area contributed by atoms with Gasteiger partial charge >= 0.3 is 0 Å². The summed E-state index contributed by atoms with van der Waals surface area (Å²) in [5.74, 6) is 3.13. The van der Waals surface area contributed by atoms with E-state index in [1.165, 1.54) is 12.8 Å². The summed E-state index contributed by atoms with van der Waals surface area (Å²) in [6.07, 6.45) is 9.23. The van der Waals surface area contributed by atoms with Crippen LogP contribution in [0.4, 0.5) is 0 Å². The quantitative estimate of drug-likeness (QED) is 0.499. The summed E-state index contributed by atoms with van der Waals surface area (Å²) in [5, 5.41) is 0. The SMILES string of the molecule is O=C1CCC[C@@H]2C3C=CC(C3)[C@@H]12. The van der Waals surface area contributed by atoms with E-state index in [2.05, 4.69) is 12.2 Å². The summed E-state index contributed by atoms with van der Waals surface area (Å²) in [6.45, 7) is 0. The zero-order chi connectivity index (χ0) is 8.13. The number of allylic oxidation sites excluding steroid dienone is 2. The van der Waals surface area contributed by atoms with E-state index < -0.39 is 0 Å². The van der Waals surface area contributed by atoms with Crippen LogP contribution in [-0.4, -0.2) is 5.78 Å². The van der Waals surface area contributed by atoms with Crippen LogP contribution in [0.5, 0.6) is 0 Å². The van der Waals surface area contributed by atoms with Crippen LogP contribution in [0, 0.1) is 23.7 Å². The Hall–Kier alpha value is -0.590. The number of hydrogen-bond donors (Lipinski definition) is 0. The molecule has 0 spiro atoms. The minimum absolute atomic E-state index is 0.439. The first-order valence-electron chi connectivity index (χ1n) is 5.07. The second-order valence-corrected chi connectivity index (χ2v) is 4.50. The lowest BCUT2D eigenvalue weighted by Crippen LogP contribution is -2.31. The molecule has 0 radical (unpaired) electrons. The Kier molecular flexibility index (Phi) is 1.27. The maximum absolute atomic E-state index is 11.6. The maximum Gasteiger partial charge on any atom is 0.136 e. The zero-order valence-electron chi connectivity index (χ0n) is 7.20. The van der Waals surface area contributed by atoms with E-state index in [0.29, 0.717) is 17.6 Å². The second kappa shape index (κ2) is 2.21. The van der Waals surface area contributed by atoms with E-state index >= 15 is 0 Å². The Balaban J connectivity index is 1.97. The minimum atomic E-state index is 0.439. The van der Waals surface area contributed by atoms with Crippen molar-refractivity contribution in [3.05, 3.63) is 12.2 Å². The second-order valence-electron chi connectivity index (χ2n) is 4.50. The molecule has 2 unspecified atom stereocenters.